The van der Waals surface area contributed by atoms with Crippen LogP contribution in [0, 0.1) is 0 Å². The van der Waals surface area contributed by atoms with Gasteiger partial charge in [0.05, 0.1) is 13.2 Å². The molecule has 0 saturated heterocycles. The molecule has 0 aliphatic heterocycles. The molecule has 0 heterocycles. The summed E-state index contributed by atoms with van der Waals surface area (Å²) >= 11 is 0. The fourth-order valence-corrected chi connectivity index (χ4v) is 0.832. The summed E-state index contributed by atoms with van der Waals surface area (Å²) in [7, 11) is -2.14. The molecular weight excluding hydrogens is 139 g/mol. The molecule has 0 atom stereocenters. The van der Waals surface area contributed by atoms with Crippen molar-refractivity contribution >= 4 is 8.25 Å². The molecule has 0 spiro atoms. The Morgan fingerprint density at radius 1 is 1.22 bits per heavy atom. The van der Waals surface area contributed by atoms with Crippen molar-refractivity contribution in [2.75, 3.05) is 13.2 Å². The maximum absolute atomic E-state index is 10.4. The van der Waals surface area contributed by atoms with Gasteiger partial charge in [0.1, 0.15) is 0 Å². The van der Waals surface area contributed by atoms with Crippen LogP contribution in [0.1, 0.15) is 21.3 Å². The predicted molar refractivity (Wildman–Crippen MR) is 39.0 cm³/mol. The van der Waals surface area contributed by atoms with Crippen molar-refractivity contribution in [3.05, 3.63) is 0 Å². The molecule has 0 unspecified atom stereocenters. The normalized spacial score (nSPS) is 9.22. The van der Waals surface area contributed by atoms with Gasteiger partial charge in [-0.3, -0.25) is 4.57 Å². The fourth-order valence-electron chi connectivity index (χ4n) is 0.277. The first kappa shape index (κ1) is 11.9. The highest BCUT2D eigenvalue weighted by atomic mass is 31.1. The molecule has 0 aromatic heterocycles. The van der Waals surface area contributed by atoms with Gasteiger partial charge < -0.3 is 9.05 Å². The lowest BCUT2D eigenvalue weighted by Gasteiger charge is -1.97. The van der Waals surface area contributed by atoms with Gasteiger partial charge in [-0.15, -0.1) is 0 Å². The van der Waals surface area contributed by atoms with Crippen LogP contribution in [-0.4, -0.2) is 13.2 Å². The summed E-state index contributed by atoms with van der Waals surface area (Å²) < 4.78 is 19.6. The van der Waals surface area contributed by atoms with Crippen LogP contribution in [0.25, 0.3) is 0 Å². The molecule has 0 aromatic carbocycles. The summed E-state index contributed by atoms with van der Waals surface area (Å²) in [6, 6.07) is 0. The summed E-state index contributed by atoms with van der Waals surface area (Å²) in [5.74, 6) is 0. The Labute approximate surface area is 57.3 Å². The Morgan fingerprint density at radius 2 is 1.56 bits per heavy atom. The number of hydrogen-bond acceptors (Lipinski definition) is 3. The van der Waals surface area contributed by atoms with Crippen LogP contribution >= 0.6 is 8.25 Å². The van der Waals surface area contributed by atoms with E-state index in [1.54, 1.807) is 13.8 Å². The van der Waals surface area contributed by atoms with E-state index in [1.807, 2.05) is 0 Å². The van der Waals surface area contributed by atoms with Crippen LogP contribution in [0.15, 0.2) is 0 Å². The second kappa shape index (κ2) is 8.15. The first-order chi connectivity index (χ1) is 3.81. The van der Waals surface area contributed by atoms with Gasteiger partial charge in [-0.2, -0.15) is 0 Å². The maximum Gasteiger partial charge on any atom is 0.319 e. The lowest BCUT2D eigenvalue weighted by Crippen LogP contribution is -1.81. The maximum atomic E-state index is 10.4. The molecular formula is C5H15O3P. The lowest BCUT2D eigenvalue weighted by molar-refractivity contribution is 0.243. The van der Waals surface area contributed by atoms with E-state index in [4.69, 9.17) is 0 Å². The molecule has 0 radical (unpaired) electrons. The van der Waals surface area contributed by atoms with Gasteiger partial charge in [0.2, 0.25) is 0 Å². The number of hydrogen-bond donors (Lipinski definition) is 0. The van der Waals surface area contributed by atoms with E-state index in [0.717, 1.165) is 0 Å². The molecule has 0 rings (SSSR count). The van der Waals surface area contributed by atoms with Gasteiger partial charge in [0.15, 0.2) is 0 Å². The average Bonchev–Trinajstić information content (AvgIpc) is 1.68. The van der Waals surface area contributed by atoms with Gasteiger partial charge in [0.25, 0.3) is 0 Å². The molecule has 0 N–H and O–H groups in total. The summed E-state index contributed by atoms with van der Waals surface area (Å²) in [5.41, 5.74) is 0. The lowest BCUT2D eigenvalue weighted by atomic mass is 10.9. The first-order valence-corrected chi connectivity index (χ1v) is 3.83. The highest BCUT2D eigenvalue weighted by molar-refractivity contribution is 7.33. The molecule has 3 nitrogen and oxygen atoms in total. The molecule has 0 fully saturated rings. The van der Waals surface area contributed by atoms with Crippen LogP contribution in [-0.2, 0) is 13.6 Å². The van der Waals surface area contributed by atoms with E-state index in [2.05, 4.69) is 9.05 Å². The summed E-state index contributed by atoms with van der Waals surface area (Å²) in [6.45, 7) is 4.47. The van der Waals surface area contributed by atoms with Gasteiger partial charge in [-0.1, -0.05) is 7.43 Å². The largest absolute Gasteiger partial charge is 0.319 e. The quantitative estimate of drug-likeness (QED) is 0.581. The third kappa shape index (κ3) is 8.15. The molecule has 9 heavy (non-hydrogen) atoms. The van der Waals surface area contributed by atoms with Crippen LogP contribution < -0.4 is 0 Å². The van der Waals surface area contributed by atoms with Crippen molar-refractivity contribution < 1.29 is 13.6 Å². The topological polar surface area (TPSA) is 35.5 Å². The Morgan fingerprint density at radius 3 is 1.78 bits per heavy atom. The second-order valence-corrected chi connectivity index (χ2v) is 2.19. The van der Waals surface area contributed by atoms with E-state index in [9.17, 15) is 4.57 Å². The van der Waals surface area contributed by atoms with Gasteiger partial charge in [0, 0.05) is 0 Å². The van der Waals surface area contributed by atoms with Crippen molar-refractivity contribution in [3.8, 4) is 0 Å². The second-order valence-electron chi connectivity index (χ2n) is 1.12. The van der Waals surface area contributed by atoms with Crippen molar-refractivity contribution in [3.63, 3.8) is 0 Å². The Balaban J connectivity index is 0. The van der Waals surface area contributed by atoms with Crippen LogP contribution in [0.5, 0.6) is 0 Å². The minimum absolute atomic E-state index is 0. The molecule has 0 saturated carbocycles. The zero-order valence-electron chi connectivity index (χ0n) is 5.14. The van der Waals surface area contributed by atoms with Crippen molar-refractivity contribution in [2.45, 2.75) is 21.3 Å². The van der Waals surface area contributed by atoms with Gasteiger partial charge in [-0.05, 0) is 13.8 Å². The van der Waals surface area contributed by atoms with E-state index >= 15 is 0 Å². The summed E-state index contributed by atoms with van der Waals surface area (Å²) in [4.78, 5) is 0. The SMILES string of the molecule is C.CCO[PH](=O)OCC. The van der Waals surface area contributed by atoms with Crippen molar-refractivity contribution in [2.24, 2.45) is 0 Å². The molecule has 0 amide bonds. The van der Waals surface area contributed by atoms with Gasteiger partial charge in [-0.25, -0.2) is 0 Å². The molecule has 4 heteroatoms. The Kier molecular flexibility index (Phi) is 10.8. The van der Waals surface area contributed by atoms with Crippen molar-refractivity contribution in [1.82, 2.24) is 0 Å². The van der Waals surface area contributed by atoms with Crippen LogP contribution in [0.2, 0.25) is 0 Å². The molecule has 0 aromatic rings. The smallest absolute Gasteiger partial charge is 0.311 e. The highest BCUT2D eigenvalue weighted by Crippen LogP contribution is 2.21. The Hall–Kier alpha value is 0.150. The third-order valence-corrected chi connectivity index (χ3v) is 1.57. The average molecular weight is 154 g/mol. The first-order valence-electron chi connectivity index (χ1n) is 2.60. The summed E-state index contributed by atoms with van der Waals surface area (Å²) in [6.07, 6.45) is 0. The van der Waals surface area contributed by atoms with Crippen LogP contribution in [0.3, 0.4) is 0 Å². The van der Waals surface area contributed by atoms with Crippen LogP contribution in [0.4, 0.5) is 0 Å². The molecule has 0 aliphatic rings. The monoisotopic (exact) mass is 154 g/mol. The minimum Gasteiger partial charge on any atom is -0.311 e. The fraction of sp³-hybridized carbons (Fsp3) is 1.00. The zero-order chi connectivity index (χ0) is 6.41. The molecule has 0 aliphatic carbocycles. The van der Waals surface area contributed by atoms with E-state index in [-0.39, 0.29) is 7.43 Å². The van der Waals surface area contributed by atoms with E-state index in [1.165, 1.54) is 0 Å². The van der Waals surface area contributed by atoms with E-state index in [0.29, 0.717) is 13.2 Å². The third-order valence-electron chi connectivity index (χ3n) is 0.524. The minimum atomic E-state index is -2.14. The standard InChI is InChI=1S/C4H11O3P.CH4/c1-3-6-8(5)7-4-2;/h8H,3-4H2,1-2H3;1H4. The summed E-state index contributed by atoms with van der Waals surface area (Å²) in [5, 5.41) is 0. The molecule has 0 bridgehead atoms. The zero-order valence-corrected chi connectivity index (χ0v) is 6.14. The Bertz CT molecular complexity index is 66.6. The number of rotatable bonds is 4. The van der Waals surface area contributed by atoms with Gasteiger partial charge >= 0.3 is 8.25 Å². The van der Waals surface area contributed by atoms with Crippen molar-refractivity contribution in [1.29, 1.82) is 0 Å². The highest BCUT2D eigenvalue weighted by Gasteiger charge is 1.91. The van der Waals surface area contributed by atoms with E-state index < -0.39 is 8.25 Å². The molecule has 58 valence electrons. The predicted octanol–water partition coefficient (Wildman–Crippen LogP) is 2.09.